The molecule has 1 fully saturated rings. The van der Waals surface area contributed by atoms with Crippen molar-refractivity contribution < 1.29 is 4.79 Å². The van der Waals surface area contributed by atoms with Crippen LogP contribution in [-0.4, -0.2) is 12.1 Å². The summed E-state index contributed by atoms with van der Waals surface area (Å²) in [5.74, 6) is 1.15. The molecule has 2 amide bonds. The van der Waals surface area contributed by atoms with E-state index in [2.05, 4.69) is 64.9 Å². The summed E-state index contributed by atoms with van der Waals surface area (Å²) in [6.07, 6.45) is 7.76. The van der Waals surface area contributed by atoms with Crippen molar-refractivity contribution >= 4 is 24.5 Å². The van der Waals surface area contributed by atoms with Crippen LogP contribution in [-0.2, 0) is 12.8 Å². The molecule has 1 aliphatic rings. The maximum Gasteiger partial charge on any atom is 0.332 e. The van der Waals surface area contributed by atoms with Gasteiger partial charge in [-0.15, -0.1) is 0 Å². The molecule has 2 rings (SSSR count). The molecule has 2 atom stereocenters. The monoisotopic (exact) mass is 376 g/mol. The van der Waals surface area contributed by atoms with E-state index in [9.17, 15) is 4.79 Å². The van der Waals surface area contributed by atoms with Gasteiger partial charge in [-0.1, -0.05) is 77.5 Å². The minimum absolute atomic E-state index is 0.0783. The number of nitrogens with zero attached hydrogens (tertiary/aromatic N) is 1. The van der Waals surface area contributed by atoms with Gasteiger partial charge in [-0.25, -0.2) is 9.10 Å². The van der Waals surface area contributed by atoms with Crippen LogP contribution in [0.25, 0.3) is 0 Å². The fourth-order valence-corrected chi connectivity index (χ4v) is 4.90. The number of nitrogens with one attached hydrogen (secondary N) is 1. The Kier molecular flexibility index (Phi) is 7.87. The SMILES string of the molecule is CCc1cc(C)cc(CC)c1N(S)C(=O)NC1C(CC)CCCC1CC. The van der Waals surface area contributed by atoms with E-state index in [-0.39, 0.29) is 12.1 Å². The number of rotatable bonds is 6. The smallest absolute Gasteiger partial charge is 0.332 e. The zero-order chi connectivity index (χ0) is 19.3. The Morgan fingerprint density at radius 2 is 1.58 bits per heavy atom. The van der Waals surface area contributed by atoms with Gasteiger partial charge in [0.25, 0.3) is 0 Å². The number of benzene rings is 1. The highest BCUT2D eigenvalue weighted by Crippen LogP contribution is 2.35. The number of carbonyl (C=O) groups is 1. The van der Waals surface area contributed by atoms with Crippen LogP contribution in [0.15, 0.2) is 12.1 Å². The maximum absolute atomic E-state index is 13.1. The highest BCUT2D eigenvalue weighted by atomic mass is 32.1. The first-order valence-corrected chi connectivity index (χ1v) is 10.8. The lowest BCUT2D eigenvalue weighted by Gasteiger charge is -2.39. The Morgan fingerprint density at radius 3 is 2.00 bits per heavy atom. The van der Waals surface area contributed by atoms with E-state index in [4.69, 9.17) is 0 Å². The first-order chi connectivity index (χ1) is 12.5. The normalized spacial score (nSPS) is 22.9. The van der Waals surface area contributed by atoms with E-state index in [0.29, 0.717) is 11.8 Å². The Labute approximate surface area is 165 Å². The largest absolute Gasteiger partial charge is 0.334 e. The highest BCUT2D eigenvalue weighted by Gasteiger charge is 2.33. The summed E-state index contributed by atoms with van der Waals surface area (Å²) in [4.78, 5) is 13.1. The van der Waals surface area contributed by atoms with Crippen molar-refractivity contribution in [3.63, 3.8) is 0 Å². The molecule has 1 aliphatic carbocycles. The van der Waals surface area contributed by atoms with Gasteiger partial charge in [-0.3, -0.25) is 0 Å². The average molecular weight is 377 g/mol. The molecule has 146 valence electrons. The van der Waals surface area contributed by atoms with Crippen molar-refractivity contribution in [1.82, 2.24) is 5.32 Å². The number of hydrogen-bond donors (Lipinski definition) is 2. The molecule has 2 unspecified atom stereocenters. The van der Waals surface area contributed by atoms with Crippen LogP contribution in [0.3, 0.4) is 0 Å². The standard InChI is InChI=1S/C22H36N2OS/c1-6-16-11-10-12-17(7-2)20(16)23-22(25)24(26)21-18(8-3)13-15(5)14-19(21)9-4/h13-14,16-17,20,26H,6-12H2,1-5H3,(H,23,25). The van der Waals surface area contributed by atoms with Gasteiger partial charge in [-0.2, -0.15) is 0 Å². The van der Waals surface area contributed by atoms with E-state index >= 15 is 0 Å². The van der Waals surface area contributed by atoms with Gasteiger partial charge in [-0.05, 0) is 55.6 Å². The van der Waals surface area contributed by atoms with Crippen LogP contribution in [0.1, 0.15) is 76.5 Å². The minimum atomic E-state index is -0.0783. The number of anilines is 1. The first kappa shape index (κ1) is 21.1. The molecule has 0 bridgehead atoms. The molecule has 26 heavy (non-hydrogen) atoms. The molecule has 0 aliphatic heterocycles. The van der Waals surface area contributed by atoms with Gasteiger partial charge < -0.3 is 5.32 Å². The van der Waals surface area contributed by atoms with Gasteiger partial charge in [0.15, 0.2) is 0 Å². The number of carbonyl (C=O) groups excluding carboxylic acids is 1. The molecule has 0 saturated heterocycles. The second-order valence-electron chi connectivity index (χ2n) is 7.69. The van der Waals surface area contributed by atoms with Crippen molar-refractivity contribution in [3.05, 3.63) is 28.8 Å². The lowest BCUT2D eigenvalue weighted by Crippen LogP contribution is -2.50. The van der Waals surface area contributed by atoms with Crippen molar-refractivity contribution in [2.24, 2.45) is 11.8 Å². The lowest BCUT2D eigenvalue weighted by atomic mass is 9.74. The van der Waals surface area contributed by atoms with E-state index in [1.165, 1.54) is 36.0 Å². The van der Waals surface area contributed by atoms with Crippen LogP contribution >= 0.6 is 12.8 Å². The Hall–Kier alpha value is -1.16. The molecule has 1 N–H and O–H groups in total. The summed E-state index contributed by atoms with van der Waals surface area (Å²) in [7, 11) is 0. The third-order valence-electron chi connectivity index (χ3n) is 6.08. The Balaban J connectivity index is 2.26. The van der Waals surface area contributed by atoms with Crippen molar-refractivity contribution in [1.29, 1.82) is 0 Å². The first-order valence-electron chi connectivity index (χ1n) is 10.4. The Bertz CT molecular complexity index is 579. The van der Waals surface area contributed by atoms with Crippen LogP contribution < -0.4 is 9.62 Å². The fraction of sp³-hybridized carbons (Fsp3) is 0.682. The molecule has 0 radical (unpaired) electrons. The lowest BCUT2D eigenvalue weighted by molar-refractivity contribution is 0.174. The van der Waals surface area contributed by atoms with Crippen molar-refractivity contribution in [2.75, 3.05) is 4.31 Å². The quantitative estimate of drug-likeness (QED) is 0.579. The molecule has 0 aromatic heterocycles. The topological polar surface area (TPSA) is 32.3 Å². The second kappa shape index (κ2) is 9.68. The van der Waals surface area contributed by atoms with Gasteiger partial charge in [0.05, 0.1) is 5.69 Å². The third kappa shape index (κ3) is 4.57. The third-order valence-corrected chi connectivity index (χ3v) is 6.46. The number of thiol groups is 1. The number of aryl methyl sites for hydroxylation is 3. The number of hydrogen-bond acceptors (Lipinski definition) is 2. The molecule has 1 aromatic rings. The highest BCUT2D eigenvalue weighted by molar-refractivity contribution is 7.82. The Morgan fingerprint density at radius 1 is 1.08 bits per heavy atom. The van der Waals surface area contributed by atoms with Crippen LogP contribution in [0.5, 0.6) is 0 Å². The molecule has 4 heteroatoms. The summed E-state index contributed by atoms with van der Waals surface area (Å²) in [6, 6.07) is 4.54. The summed E-state index contributed by atoms with van der Waals surface area (Å²) in [6.45, 7) is 10.9. The molecular weight excluding hydrogens is 340 g/mol. The van der Waals surface area contributed by atoms with Gasteiger partial charge in [0, 0.05) is 6.04 Å². The fourth-order valence-electron chi connectivity index (χ4n) is 4.59. The number of amides is 2. The van der Waals surface area contributed by atoms with Crippen LogP contribution in [0.2, 0.25) is 0 Å². The van der Waals surface area contributed by atoms with Gasteiger partial charge in [0.1, 0.15) is 0 Å². The zero-order valence-electron chi connectivity index (χ0n) is 17.1. The van der Waals surface area contributed by atoms with Crippen LogP contribution in [0, 0.1) is 18.8 Å². The minimum Gasteiger partial charge on any atom is -0.334 e. The molecular formula is C22H36N2OS. The molecule has 3 nitrogen and oxygen atoms in total. The van der Waals surface area contributed by atoms with Crippen LogP contribution in [0.4, 0.5) is 10.5 Å². The second-order valence-corrected chi connectivity index (χ2v) is 8.09. The molecule has 1 saturated carbocycles. The van der Waals surface area contributed by atoms with Crippen molar-refractivity contribution in [3.8, 4) is 0 Å². The summed E-state index contributed by atoms with van der Waals surface area (Å²) >= 11 is 4.63. The van der Waals surface area contributed by atoms with Gasteiger partial charge >= 0.3 is 6.03 Å². The summed E-state index contributed by atoms with van der Waals surface area (Å²) < 4.78 is 1.56. The van der Waals surface area contributed by atoms with Gasteiger partial charge in [0.2, 0.25) is 0 Å². The maximum atomic E-state index is 13.1. The van der Waals surface area contributed by atoms with E-state index in [1.54, 1.807) is 4.31 Å². The van der Waals surface area contributed by atoms with Crippen molar-refractivity contribution in [2.45, 2.75) is 85.6 Å². The van der Waals surface area contributed by atoms with E-state index in [0.717, 1.165) is 31.4 Å². The average Bonchev–Trinajstić information content (AvgIpc) is 2.66. The summed E-state index contributed by atoms with van der Waals surface area (Å²) in [5.41, 5.74) is 4.59. The zero-order valence-corrected chi connectivity index (χ0v) is 18.0. The molecule has 0 heterocycles. The molecule has 1 aromatic carbocycles. The predicted molar refractivity (Wildman–Crippen MR) is 115 cm³/mol. The summed E-state index contributed by atoms with van der Waals surface area (Å²) in [5, 5.41) is 3.35. The number of urea groups is 1. The predicted octanol–water partition coefficient (Wildman–Crippen LogP) is 6.09. The molecule has 0 spiro atoms. The van der Waals surface area contributed by atoms with E-state index in [1.807, 2.05) is 0 Å². The van der Waals surface area contributed by atoms with E-state index < -0.39 is 0 Å².